The summed E-state index contributed by atoms with van der Waals surface area (Å²) in [5.41, 5.74) is 8.06. The molecule has 1 rings (SSSR count). The van der Waals surface area contributed by atoms with Crippen molar-refractivity contribution in [1.82, 2.24) is 5.32 Å². The zero-order valence-electron chi connectivity index (χ0n) is 10.6. The van der Waals surface area contributed by atoms with Gasteiger partial charge in [0.05, 0.1) is 7.11 Å². The number of carbonyl (C=O) groups is 1. The molecule has 17 heavy (non-hydrogen) atoms. The van der Waals surface area contributed by atoms with Gasteiger partial charge in [0.15, 0.2) is 0 Å². The molecule has 0 aromatic heterocycles. The van der Waals surface area contributed by atoms with Crippen molar-refractivity contribution in [3.63, 3.8) is 0 Å². The van der Waals surface area contributed by atoms with Gasteiger partial charge in [-0.15, -0.1) is 0 Å². The van der Waals surface area contributed by atoms with Gasteiger partial charge in [-0.25, -0.2) is 0 Å². The lowest BCUT2D eigenvalue weighted by molar-refractivity contribution is -0.120. The van der Waals surface area contributed by atoms with E-state index in [1.807, 2.05) is 18.2 Å². The average molecular weight is 236 g/mol. The van der Waals surface area contributed by atoms with Crippen LogP contribution in [-0.4, -0.2) is 20.1 Å². The summed E-state index contributed by atoms with van der Waals surface area (Å²) in [6.07, 6.45) is 1.18. The fraction of sp³-hybridized carbons (Fsp3) is 0.462. The van der Waals surface area contributed by atoms with Crippen molar-refractivity contribution in [2.45, 2.75) is 25.8 Å². The van der Waals surface area contributed by atoms with Gasteiger partial charge in [0, 0.05) is 19.5 Å². The Bertz CT molecular complexity index is 391. The molecule has 0 saturated heterocycles. The molecule has 3 N–H and O–H groups in total. The van der Waals surface area contributed by atoms with E-state index in [4.69, 9.17) is 10.5 Å². The molecule has 0 aliphatic carbocycles. The first kappa shape index (κ1) is 13.5. The zero-order valence-corrected chi connectivity index (χ0v) is 10.6. The number of nitrogens with one attached hydrogen (secondary N) is 1. The van der Waals surface area contributed by atoms with Gasteiger partial charge in [-0.2, -0.15) is 0 Å². The van der Waals surface area contributed by atoms with Crippen LogP contribution in [-0.2, 0) is 11.2 Å². The zero-order chi connectivity index (χ0) is 12.8. The van der Waals surface area contributed by atoms with Crippen LogP contribution in [0.3, 0.4) is 0 Å². The van der Waals surface area contributed by atoms with E-state index in [0.717, 1.165) is 23.3 Å². The number of nitrogens with two attached hydrogens (primary N) is 1. The number of aryl methyl sites for hydroxylation is 1. The number of ether oxygens (including phenoxy) is 1. The summed E-state index contributed by atoms with van der Waals surface area (Å²) in [7, 11) is 3.26. The number of methoxy groups -OCH3 is 1. The Hall–Kier alpha value is -1.55. The van der Waals surface area contributed by atoms with Crippen LogP contribution in [0, 0.1) is 0 Å². The highest BCUT2D eigenvalue weighted by molar-refractivity contribution is 5.76. The molecule has 0 heterocycles. The second kappa shape index (κ2) is 6.25. The molecule has 94 valence electrons. The van der Waals surface area contributed by atoms with Gasteiger partial charge < -0.3 is 15.8 Å². The summed E-state index contributed by atoms with van der Waals surface area (Å²) in [5, 5.41) is 2.57. The number of benzene rings is 1. The second-order valence-corrected chi connectivity index (χ2v) is 3.91. The Morgan fingerprint density at radius 3 is 2.76 bits per heavy atom. The highest BCUT2D eigenvalue weighted by atomic mass is 16.5. The van der Waals surface area contributed by atoms with Crippen molar-refractivity contribution in [3.8, 4) is 5.75 Å². The number of hydrogen-bond acceptors (Lipinski definition) is 3. The lowest BCUT2D eigenvalue weighted by atomic mass is 10.00. The first-order valence-corrected chi connectivity index (χ1v) is 5.75. The lowest BCUT2D eigenvalue weighted by Gasteiger charge is -2.14. The molecule has 1 unspecified atom stereocenters. The summed E-state index contributed by atoms with van der Waals surface area (Å²) in [4.78, 5) is 11.3. The summed E-state index contributed by atoms with van der Waals surface area (Å²) < 4.78 is 5.25. The van der Waals surface area contributed by atoms with Crippen molar-refractivity contribution in [1.29, 1.82) is 0 Å². The van der Waals surface area contributed by atoms with Gasteiger partial charge in [0.2, 0.25) is 5.91 Å². The SMILES string of the molecule is CCc1cc(C(N)CC(=O)NC)ccc1OC. The predicted molar refractivity (Wildman–Crippen MR) is 68.0 cm³/mol. The van der Waals surface area contributed by atoms with Crippen LogP contribution in [0.2, 0.25) is 0 Å². The van der Waals surface area contributed by atoms with Crippen molar-refractivity contribution < 1.29 is 9.53 Å². The third-order valence-electron chi connectivity index (χ3n) is 2.80. The number of rotatable bonds is 5. The molecule has 0 aliphatic heterocycles. The van der Waals surface area contributed by atoms with E-state index in [0.29, 0.717) is 6.42 Å². The Morgan fingerprint density at radius 1 is 1.53 bits per heavy atom. The van der Waals surface area contributed by atoms with E-state index in [2.05, 4.69) is 12.2 Å². The predicted octanol–water partition coefficient (Wildman–Crippen LogP) is 1.39. The Labute approximate surface area is 102 Å². The fourth-order valence-electron chi connectivity index (χ4n) is 1.73. The largest absolute Gasteiger partial charge is 0.496 e. The summed E-state index contributed by atoms with van der Waals surface area (Å²) in [5.74, 6) is 0.815. The van der Waals surface area contributed by atoms with Crippen LogP contribution in [0.1, 0.15) is 30.5 Å². The van der Waals surface area contributed by atoms with Gasteiger partial charge in [-0.05, 0) is 23.6 Å². The molecule has 0 fully saturated rings. The quantitative estimate of drug-likeness (QED) is 0.812. The van der Waals surface area contributed by atoms with Gasteiger partial charge in [-0.1, -0.05) is 19.1 Å². The van der Waals surface area contributed by atoms with E-state index in [-0.39, 0.29) is 11.9 Å². The Kier molecular flexibility index (Phi) is 4.97. The van der Waals surface area contributed by atoms with Crippen LogP contribution < -0.4 is 15.8 Å². The van der Waals surface area contributed by atoms with Crippen LogP contribution in [0.4, 0.5) is 0 Å². The lowest BCUT2D eigenvalue weighted by Crippen LogP contribution is -2.24. The molecule has 4 nitrogen and oxygen atoms in total. The van der Waals surface area contributed by atoms with Gasteiger partial charge in [0.1, 0.15) is 5.75 Å². The first-order chi connectivity index (χ1) is 8.12. The molecule has 0 saturated carbocycles. The van der Waals surface area contributed by atoms with Crippen molar-refractivity contribution in [3.05, 3.63) is 29.3 Å². The third kappa shape index (κ3) is 3.46. The second-order valence-electron chi connectivity index (χ2n) is 3.91. The maximum absolute atomic E-state index is 11.3. The molecule has 4 heteroatoms. The number of amides is 1. The normalized spacial score (nSPS) is 12.0. The molecule has 0 spiro atoms. The van der Waals surface area contributed by atoms with Crippen LogP contribution in [0.15, 0.2) is 18.2 Å². The molecular weight excluding hydrogens is 216 g/mol. The van der Waals surface area contributed by atoms with Crippen molar-refractivity contribution in [2.24, 2.45) is 5.73 Å². The maximum Gasteiger partial charge on any atom is 0.221 e. The highest BCUT2D eigenvalue weighted by Gasteiger charge is 2.12. The standard InChI is InChI=1S/C13H20N2O2/c1-4-9-7-10(5-6-12(9)17-3)11(14)8-13(16)15-2/h5-7,11H,4,8,14H2,1-3H3,(H,15,16). The smallest absolute Gasteiger partial charge is 0.221 e. The van der Waals surface area contributed by atoms with Crippen molar-refractivity contribution in [2.75, 3.05) is 14.2 Å². The monoisotopic (exact) mass is 236 g/mol. The molecular formula is C13H20N2O2. The fourth-order valence-corrected chi connectivity index (χ4v) is 1.73. The van der Waals surface area contributed by atoms with E-state index in [9.17, 15) is 4.79 Å². The van der Waals surface area contributed by atoms with Gasteiger partial charge in [0.25, 0.3) is 0 Å². The van der Waals surface area contributed by atoms with Crippen LogP contribution in [0.25, 0.3) is 0 Å². The summed E-state index contributed by atoms with van der Waals surface area (Å²) in [6, 6.07) is 5.54. The maximum atomic E-state index is 11.3. The number of carbonyl (C=O) groups excluding carboxylic acids is 1. The minimum absolute atomic E-state index is 0.0497. The Morgan fingerprint density at radius 2 is 2.24 bits per heavy atom. The first-order valence-electron chi connectivity index (χ1n) is 5.75. The molecule has 1 aromatic rings. The van der Waals surface area contributed by atoms with E-state index >= 15 is 0 Å². The molecule has 1 amide bonds. The molecule has 0 aliphatic rings. The highest BCUT2D eigenvalue weighted by Crippen LogP contribution is 2.24. The summed E-state index contributed by atoms with van der Waals surface area (Å²) >= 11 is 0. The molecule has 0 radical (unpaired) electrons. The number of hydrogen-bond donors (Lipinski definition) is 2. The van der Waals surface area contributed by atoms with Crippen LogP contribution in [0.5, 0.6) is 5.75 Å². The Balaban J connectivity index is 2.87. The molecule has 1 aromatic carbocycles. The van der Waals surface area contributed by atoms with E-state index in [1.54, 1.807) is 14.2 Å². The van der Waals surface area contributed by atoms with Crippen LogP contribution >= 0.6 is 0 Å². The molecule has 0 bridgehead atoms. The van der Waals surface area contributed by atoms with Crippen molar-refractivity contribution >= 4 is 5.91 Å². The van der Waals surface area contributed by atoms with E-state index in [1.165, 1.54) is 0 Å². The average Bonchev–Trinajstić information content (AvgIpc) is 2.37. The topological polar surface area (TPSA) is 64.4 Å². The third-order valence-corrected chi connectivity index (χ3v) is 2.80. The summed E-state index contributed by atoms with van der Waals surface area (Å²) in [6.45, 7) is 2.06. The minimum Gasteiger partial charge on any atom is -0.496 e. The minimum atomic E-state index is -0.272. The van der Waals surface area contributed by atoms with Gasteiger partial charge >= 0.3 is 0 Å². The van der Waals surface area contributed by atoms with Gasteiger partial charge in [-0.3, -0.25) is 4.79 Å². The molecule has 1 atom stereocenters. The van der Waals surface area contributed by atoms with E-state index < -0.39 is 0 Å².